The molecule has 0 aromatic heterocycles. The van der Waals surface area contributed by atoms with E-state index in [1.54, 1.807) is 0 Å². The molecule has 3 nitrogen and oxygen atoms in total. The summed E-state index contributed by atoms with van der Waals surface area (Å²) in [6.45, 7) is 0. The van der Waals surface area contributed by atoms with Gasteiger partial charge in [0.25, 0.3) is 0 Å². The minimum absolute atomic E-state index is 0.505. The number of hydrogen-bond donors (Lipinski definition) is 1. The molecular weight excluding hydrogens is 260 g/mol. The van der Waals surface area contributed by atoms with E-state index in [0.717, 1.165) is 22.0 Å². The average molecular weight is 271 g/mol. The molecule has 0 aliphatic heterocycles. The van der Waals surface area contributed by atoms with Crippen molar-refractivity contribution < 1.29 is 14.6 Å². The molecule has 0 heterocycles. The Morgan fingerprint density at radius 1 is 1.60 bits per heavy atom. The van der Waals surface area contributed by atoms with Gasteiger partial charge in [-0.05, 0) is 36.1 Å². The van der Waals surface area contributed by atoms with Crippen LogP contribution in [0.1, 0.15) is 17.5 Å². The van der Waals surface area contributed by atoms with Gasteiger partial charge in [0, 0.05) is 11.6 Å². The summed E-state index contributed by atoms with van der Waals surface area (Å²) in [6.07, 6.45) is 1.26. The van der Waals surface area contributed by atoms with E-state index in [0.29, 0.717) is 6.42 Å². The standard InChI is InChI=1S/C11H11BrO3/c1-15-11(10(13)14)5-4-7-2-3-8(12)6-9(7)11/h2-3,6H,4-5H2,1H3,(H,13,14). The largest absolute Gasteiger partial charge is 0.479 e. The number of aliphatic carboxylic acids is 1. The van der Waals surface area contributed by atoms with Gasteiger partial charge in [-0.1, -0.05) is 22.0 Å². The molecule has 1 atom stereocenters. The molecule has 1 aliphatic carbocycles. The SMILES string of the molecule is COC1(C(=O)O)CCc2ccc(Br)cc21. The molecule has 15 heavy (non-hydrogen) atoms. The molecule has 1 unspecified atom stereocenters. The lowest BCUT2D eigenvalue weighted by Crippen LogP contribution is -2.35. The normalized spacial score (nSPS) is 23.9. The summed E-state index contributed by atoms with van der Waals surface area (Å²) in [6, 6.07) is 5.70. The Hall–Kier alpha value is -0.870. The summed E-state index contributed by atoms with van der Waals surface area (Å²) >= 11 is 3.35. The van der Waals surface area contributed by atoms with Crippen LogP contribution in [0.4, 0.5) is 0 Å². The van der Waals surface area contributed by atoms with Gasteiger partial charge in [-0.25, -0.2) is 4.79 Å². The summed E-state index contributed by atoms with van der Waals surface area (Å²) in [5.74, 6) is -0.915. The molecule has 0 saturated carbocycles. The molecular formula is C11H11BrO3. The molecule has 2 rings (SSSR count). The van der Waals surface area contributed by atoms with Crippen molar-refractivity contribution in [3.63, 3.8) is 0 Å². The number of benzene rings is 1. The Balaban J connectivity index is 2.59. The lowest BCUT2D eigenvalue weighted by Gasteiger charge is -2.23. The molecule has 1 aromatic carbocycles. The minimum Gasteiger partial charge on any atom is -0.479 e. The minimum atomic E-state index is -1.15. The first-order valence-electron chi connectivity index (χ1n) is 4.67. The summed E-state index contributed by atoms with van der Waals surface area (Å²) in [5, 5.41) is 9.26. The average Bonchev–Trinajstić information content (AvgIpc) is 2.57. The van der Waals surface area contributed by atoms with Gasteiger partial charge in [0.2, 0.25) is 0 Å². The number of aryl methyl sites for hydroxylation is 1. The number of carbonyl (C=O) groups is 1. The fourth-order valence-corrected chi connectivity index (χ4v) is 2.47. The van der Waals surface area contributed by atoms with E-state index in [4.69, 9.17) is 4.74 Å². The quantitative estimate of drug-likeness (QED) is 0.897. The first-order valence-corrected chi connectivity index (χ1v) is 5.47. The number of rotatable bonds is 2. The number of carboxylic acids is 1. The van der Waals surface area contributed by atoms with Crippen molar-refractivity contribution in [2.24, 2.45) is 0 Å². The number of halogens is 1. The van der Waals surface area contributed by atoms with Gasteiger partial charge < -0.3 is 9.84 Å². The maximum atomic E-state index is 11.3. The molecule has 0 fully saturated rings. The maximum absolute atomic E-state index is 11.3. The summed E-state index contributed by atoms with van der Waals surface area (Å²) in [5.41, 5.74) is 0.674. The molecule has 0 radical (unpaired) electrons. The molecule has 0 bridgehead atoms. The van der Waals surface area contributed by atoms with Crippen LogP contribution in [-0.2, 0) is 21.6 Å². The highest BCUT2D eigenvalue weighted by atomic mass is 79.9. The summed E-state index contributed by atoms with van der Waals surface area (Å²) < 4.78 is 6.10. The molecule has 80 valence electrons. The van der Waals surface area contributed by atoms with E-state index < -0.39 is 11.6 Å². The second-order valence-corrected chi connectivity index (χ2v) is 4.55. The zero-order valence-corrected chi connectivity index (χ0v) is 9.87. The van der Waals surface area contributed by atoms with Crippen LogP contribution in [0.25, 0.3) is 0 Å². The van der Waals surface area contributed by atoms with E-state index in [-0.39, 0.29) is 0 Å². The van der Waals surface area contributed by atoms with Gasteiger partial charge in [-0.15, -0.1) is 0 Å². The van der Waals surface area contributed by atoms with Gasteiger partial charge in [0.05, 0.1) is 0 Å². The second-order valence-electron chi connectivity index (χ2n) is 3.64. The number of ether oxygens (including phenoxy) is 1. The van der Waals surface area contributed by atoms with Crippen LogP contribution >= 0.6 is 15.9 Å². The van der Waals surface area contributed by atoms with Gasteiger partial charge in [-0.3, -0.25) is 0 Å². The number of carboxylic acid groups (broad SMARTS) is 1. The number of hydrogen-bond acceptors (Lipinski definition) is 2. The predicted molar refractivity (Wildman–Crippen MR) is 58.8 cm³/mol. The van der Waals surface area contributed by atoms with E-state index in [2.05, 4.69) is 15.9 Å². The highest BCUT2D eigenvalue weighted by Crippen LogP contribution is 2.40. The first-order chi connectivity index (χ1) is 7.10. The Morgan fingerprint density at radius 2 is 2.33 bits per heavy atom. The topological polar surface area (TPSA) is 46.5 Å². The van der Waals surface area contributed by atoms with E-state index >= 15 is 0 Å². The Kier molecular flexibility index (Phi) is 2.56. The maximum Gasteiger partial charge on any atom is 0.340 e. The van der Waals surface area contributed by atoms with Crippen LogP contribution in [0.3, 0.4) is 0 Å². The van der Waals surface area contributed by atoms with Gasteiger partial charge in [-0.2, -0.15) is 0 Å². The molecule has 0 amide bonds. The van der Waals surface area contributed by atoms with E-state index in [9.17, 15) is 9.90 Å². The van der Waals surface area contributed by atoms with Gasteiger partial charge in [0.15, 0.2) is 5.60 Å². The monoisotopic (exact) mass is 270 g/mol. The van der Waals surface area contributed by atoms with E-state index in [1.807, 2.05) is 18.2 Å². The van der Waals surface area contributed by atoms with Crippen molar-refractivity contribution in [2.75, 3.05) is 7.11 Å². The first kappa shape index (κ1) is 10.6. The Labute approximate surface area is 96.2 Å². The summed E-state index contributed by atoms with van der Waals surface area (Å²) in [7, 11) is 1.45. The Bertz CT molecular complexity index is 416. The third-order valence-electron chi connectivity index (χ3n) is 2.95. The van der Waals surface area contributed by atoms with Crippen molar-refractivity contribution in [2.45, 2.75) is 18.4 Å². The molecule has 0 saturated heterocycles. The second kappa shape index (κ2) is 3.61. The molecule has 1 aromatic rings. The zero-order chi connectivity index (χ0) is 11.1. The highest BCUT2D eigenvalue weighted by molar-refractivity contribution is 9.10. The smallest absolute Gasteiger partial charge is 0.340 e. The predicted octanol–water partition coefficient (Wildman–Crippen LogP) is 2.32. The van der Waals surface area contributed by atoms with Crippen LogP contribution in [0, 0.1) is 0 Å². The fourth-order valence-electron chi connectivity index (χ4n) is 2.11. The van der Waals surface area contributed by atoms with Crippen LogP contribution in [-0.4, -0.2) is 18.2 Å². The van der Waals surface area contributed by atoms with Crippen LogP contribution < -0.4 is 0 Å². The lowest BCUT2D eigenvalue weighted by atomic mass is 9.96. The van der Waals surface area contributed by atoms with Crippen molar-refractivity contribution >= 4 is 21.9 Å². The Morgan fingerprint density at radius 3 is 2.93 bits per heavy atom. The summed E-state index contributed by atoms with van der Waals surface area (Å²) in [4.78, 5) is 11.3. The van der Waals surface area contributed by atoms with Crippen molar-refractivity contribution in [3.8, 4) is 0 Å². The van der Waals surface area contributed by atoms with Crippen molar-refractivity contribution in [1.29, 1.82) is 0 Å². The number of fused-ring (bicyclic) bond motifs is 1. The molecule has 4 heteroatoms. The zero-order valence-electron chi connectivity index (χ0n) is 8.29. The molecule has 0 spiro atoms. The third kappa shape index (κ3) is 1.48. The van der Waals surface area contributed by atoms with Crippen molar-refractivity contribution in [1.82, 2.24) is 0 Å². The number of methoxy groups -OCH3 is 1. The van der Waals surface area contributed by atoms with Crippen molar-refractivity contribution in [3.05, 3.63) is 33.8 Å². The van der Waals surface area contributed by atoms with Gasteiger partial charge >= 0.3 is 5.97 Å². The third-order valence-corrected chi connectivity index (χ3v) is 3.44. The molecule has 1 N–H and O–H groups in total. The van der Waals surface area contributed by atoms with Crippen LogP contribution in [0.5, 0.6) is 0 Å². The lowest BCUT2D eigenvalue weighted by molar-refractivity contribution is -0.163. The fraction of sp³-hybridized carbons (Fsp3) is 0.364. The van der Waals surface area contributed by atoms with E-state index in [1.165, 1.54) is 7.11 Å². The van der Waals surface area contributed by atoms with Gasteiger partial charge in [0.1, 0.15) is 0 Å². The van der Waals surface area contributed by atoms with Crippen LogP contribution in [0.2, 0.25) is 0 Å². The molecule has 1 aliphatic rings. The van der Waals surface area contributed by atoms with Crippen LogP contribution in [0.15, 0.2) is 22.7 Å². The highest BCUT2D eigenvalue weighted by Gasteiger charge is 2.46.